The van der Waals surface area contributed by atoms with Gasteiger partial charge in [0.25, 0.3) is 9.05 Å². The van der Waals surface area contributed by atoms with E-state index in [1.165, 1.54) is 88.4 Å². The number of nitrogens with one attached hydrogen (secondary N) is 2. The van der Waals surface area contributed by atoms with Crippen LogP contribution in [0.15, 0.2) is 319 Å². The number of imidazole rings is 6. The SMILES string of the molecule is C.C.C.CO.Cc1ccc(S(=O)(=O)Cl)cc1.Cc1ccc(S(=O)(=O)Oc2ccnn3c(Br)cnc23)cc1.Cc1ccc(S(=O)(=O)Oc2ccnn3ccnc23)cc1.Clc1cc(Br)c2nccn2n1.Clc1cc(OCc2ccccc2)c2nccn2n1.Cn1cc(N)cn1.Cn1cc(Nc2ccnn3c(Br)cnc23)cn1.O=c1cc[nH]n2ccnc12.OCc1ccccc1.[2H]CC.[B]=NS. The van der Waals surface area contributed by atoms with Crippen molar-refractivity contribution < 1.29 is 49.9 Å². The molecule has 0 unspecified atom stereocenters. The van der Waals surface area contributed by atoms with Crippen LogP contribution in [0.4, 0.5) is 17.1 Å². The van der Waals surface area contributed by atoms with Crippen molar-refractivity contribution in [1.29, 1.82) is 0 Å². The molecule has 0 spiro atoms. The molecule has 6 N–H and O–H groups in total. The van der Waals surface area contributed by atoms with Crippen molar-refractivity contribution in [3.8, 4) is 17.2 Å². The van der Waals surface area contributed by atoms with Gasteiger partial charge in [-0.05, 0) is 128 Å². The first-order valence-electron chi connectivity index (χ1n) is 38.0. The number of nitrogens with zero attached hydrogens (tertiary/aromatic N) is 22. The summed E-state index contributed by atoms with van der Waals surface area (Å²) in [5.41, 5.74) is 16.1. The normalized spacial score (nSPS) is 10.4. The Balaban J connectivity index is 0.000000268. The van der Waals surface area contributed by atoms with Crippen molar-refractivity contribution in [2.24, 2.45) is 18.4 Å². The van der Waals surface area contributed by atoms with Gasteiger partial charge in [0, 0.05) is 126 Å². The number of halogens is 6. The van der Waals surface area contributed by atoms with Crippen LogP contribution < -0.4 is 29.6 Å². The number of nitrogens with two attached hydrogens (primary N) is 1. The molecule has 0 saturated heterocycles. The van der Waals surface area contributed by atoms with Gasteiger partial charge in [0.05, 0.1) is 76.4 Å². The fourth-order valence-electron chi connectivity index (χ4n) is 10.3. The summed E-state index contributed by atoms with van der Waals surface area (Å²) in [7, 11) is 2.79. The van der Waals surface area contributed by atoms with Crippen LogP contribution in [0.25, 0.3) is 33.9 Å². The van der Waals surface area contributed by atoms with Gasteiger partial charge in [0.1, 0.15) is 25.6 Å². The van der Waals surface area contributed by atoms with E-state index in [0.717, 1.165) is 66.7 Å². The Hall–Kier alpha value is -12.7. The van der Waals surface area contributed by atoms with E-state index >= 15 is 0 Å². The molecule has 48 heteroatoms. The number of benzene rings is 5. The molecule has 0 fully saturated rings. The third-order valence-corrected chi connectivity index (χ3v) is 22.0. The number of rotatable bonds is 13. The van der Waals surface area contributed by atoms with Crippen LogP contribution >= 0.6 is 94.5 Å². The molecule has 0 aliphatic heterocycles. The summed E-state index contributed by atoms with van der Waals surface area (Å²) in [6.07, 6.45) is 29.7. The van der Waals surface area contributed by atoms with Crippen molar-refractivity contribution in [1.82, 2.24) is 107 Å². The minimum atomic E-state index is -3.91. The number of aliphatic hydroxyl groups excluding tert-OH is 2. The zero-order valence-corrected chi connectivity index (χ0v) is 80.0. The predicted octanol–water partition coefficient (Wildman–Crippen LogP) is 17.3. The molecule has 0 aliphatic carbocycles. The summed E-state index contributed by atoms with van der Waals surface area (Å²) >= 11 is 24.8. The van der Waals surface area contributed by atoms with Crippen molar-refractivity contribution in [2.75, 3.05) is 18.2 Å². The van der Waals surface area contributed by atoms with Crippen LogP contribution in [0.5, 0.6) is 17.2 Å². The van der Waals surface area contributed by atoms with Crippen molar-refractivity contribution in [2.45, 2.75) is 84.8 Å². The summed E-state index contributed by atoms with van der Waals surface area (Å²) in [6.45, 7) is 8.55. The molecule has 14 heterocycles. The Bertz CT molecular complexity index is 7230. The van der Waals surface area contributed by atoms with E-state index in [1.54, 1.807) is 163 Å². The van der Waals surface area contributed by atoms with Gasteiger partial charge in [-0.1, -0.05) is 173 Å². The van der Waals surface area contributed by atoms with Gasteiger partial charge in [-0.25, -0.2) is 65.4 Å². The van der Waals surface area contributed by atoms with E-state index in [-0.39, 0.29) is 60.5 Å². The summed E-state index contributed by atoms with van der Waals surface area (Å²) < 4.78 is 110. The number of ether oxygens (including phenoxy) is 1. The molecule has 1 radical (unpaired) electrons. The summed E-state index contributed by atoms with van der Waals surface area (Å²) in [6, 6.07) is 48.4. The number of thiol groups is 1. The fraction of sp³-hybridized carbons (Fsp3) is 0.153. The van der Waals surface area contributed by atoms with E-state index in [9.17, 15) is 30.0 Å². The summed E-state index contributed by atoms with van der Waals surface area (Å²) in [4.78, 5) is 35.7. The quantitative estimate of drug-likeness (QED) is 0.0270. The fourth-order valence-corrected chi connectivity index (χ4v) is 14.6. The first-order chi connectivity index (χ1) is 62.8. The number of hydrogen-bond donors (Lipinski definition) is 6. The van der Waals surface area contributed by atoms with E-state index in [2.05, 4.69) is 149 Å². The average molecular weight is 2140 g/mol. The molecule has 37 nitrogen and oxygen atoms in total. The molecular formula is C85H93BBr3Cl3N25O12S4. The van der Waals surface area contributed by atoms with Gasteiger partial charge in [-0.3, -0.25) is 19.3 Å². The van der Waals surface area contributed by atoms with Gasteiger partial charge in [0.15, 0.2) is 61.4 Å². The van der Waals surface area contributed by atoms with Gasteiger partial charge in [-0.2, -0.15) is 52.5 Å². The monoisotopic (exact) mass is 2140 g/mol. The second-order valence-corrected chi connectivity index (χ2v) is 34.6. The average Bonchev–Trinajstić information content (AvgIpc) is 1.60. The number of aromatic nitrogens is 22. The first-order valence-corrected chi connectivity index (χ1v) is 46.0. The molecule has 19 rings (SSSR count). The molecule has 0 saturated carbocycles. The van der Waals surface area contributed by atoms with E-state index in [4.69, 9.17) is 64.3 Å². The Morgan fingerprint density at radius 1 is 0.534 bits per heavy atom. The number of aliphatic hydroxyl groups is 2. The Morgan fingerprint density at radius 2 is 0.970 bits per heavy atom. The molecule has 0 atom stereocenters. The Kier molecular flexibility index (Phi) is 45.1. The van der Waals surface area contributed by atoms with Gasteiger partial charge < -0.3 is 34.4 Å². The van der Waals surface area contributed by atoms with E-state index in [1.807, 2.05) is 108 Å². The van der Waals surface area contributed by atoms with E-state index < -0.39 is 29.3 Å². The van der Waals surface area contributed by atoms with Crippen molar-refractivity contribution in [3.63, 3.8) is 0 Å². The van der Waals surface area contributed by atoms with Gasteiger partial charge >= 0.3 is 45.0 Å². The van der Waals surface area contributed by atoms with Crippen LogP contribution in [0.2, 0.25) is 10.3 Å². The molecule has 5 aromatic carbocycles. The van der Waals surface area contributed by atoms with Gasteiger partial charge in [0.2, 0.25) is 5.43 Å². The minimum absolute atomic E-state index is 0. The maximum absolute atomic E-state index is 12.3. The van der Waals surface area contributed by atoms with Crippen LogP contribution in [0.3, 0.4) is 0 Å². The number of fused-ring (bicyclic) bond motifs is 6. The number of H-pyrrole nitrogens is 1. The topological polar surface area (TPSA) is 458 Å². The van der Waals surface area contributed by atoms with Gasteiger partial charge in [-0.15, -0.1) is 0 Å². The Labute approximate surface area is 814 Å². The van der Waals surface area contributed by atoms with Crippen LogP contribution in [0, 0.1) is 20.8 Å². The summed E-state index contributed by atoms with van der Waals surface area (Å²) in [5, 5.41) is 50.7. The maximum atomic E-state index is 12.3. The standard InChI is InChI=1S/C13H10BrN3O3S.C13H10ClN3O.C13H11N3O3S.C10H9BrN6.C7H7ClO2S.C7H8O.C6H3BrClN3.C6H5N3O.C4H7N3.C2H6.CH4O.3CH4.BHNS/c1-9-2-4-10(5-3-9)21(18,19)20-11-6-7-16-17-12(14)8-15-13(11)17;14-12-8-11(13-15-6-7-17(13)16-12)18-9-10-4-2-1-3-5-10;1-10-2-4-11(5-3-10)20(17,18)19-12-6-7-15-16-9-8-14-13(12)16;1-16-6-7(4-14-16)15-8-2-3-13-17-9(11)5-12-10(8)17;1-6-2-4-7(5-3-6)11(8,9)10;8-6-7-4-2-1-3-5-7;7-4-3-5(8)10-11-2-1-9-6(4)11;10-5-1-2-8-9-4-3-7-6(5)9;1-7-3-4(5)2-6-7;2*1-2;;;;1-2-3/h2-8H,1H3;1-8H,9H2;2-9H,1H3;2-6,15H,1H3;2-5H,1H3;1-5,8H,6H2;1-3H;1-4,8H;2-3H,5H2,1H3;1-2H3;2H,1H3;3*1H4;3H/i;;;;;;;;;1D;;;;;. The third-order valence-electron chi connectivity index (χ3n) is 16.1. The Morgan fingerprint density at radius 3 is 1.45 bits per heavy atom. The first kappa shape index (κ1) is 109. The van der Waals surface area contributed by atoms with Crippen LogP contribution in [0.1, 0.15) is 65.3 Å². The second kappa shape index (κ2) is 55.0. The number of aryl methyl sites for hydroxylation is 5. The van der Waals surface area contributed by atoms with Crippen LogP contribution in [-0.4, -0.2) is 157 Å². The van der Waals surface area contributed by atoms with E-state index in [0.29, 0.717) is 62.4 Å². The van der Waals surface area contributed by atoms with Crippen molar-refractivity contribution >= 4 is 182 Å². The number of hydrogen-bond acceptors (Lipinski definition) is 29. The summed E-state index contributed by atoms with van der Waals surface area (Å²) in [5.74, 6) is 0.894. The molecular weight excluding hydrogens is 2050 g/mol. The molecule has 699 valence electrons. The van der Waals surface area contributed by atoms with Crippen molar-refractivity contribution in [3.05, 3.63) is 343 Å². The third kappa shape index (κ3) is 33.8. The van der Waals surface area contributed by atoms with Crippen LogP contribution in [-0.2, 0) is 56.6 Å². The molecule has 19 aromatic rings. The molecule has 0 aliphatic rings. The number of aromatic amines is 1. The molecule has 0 amide bonds. The zero-order chi connectivity index (χ0) is 95.2. The number of anilines is 3. The number of nitrogen functional groups attached to an aromatic ring is 1. The predicted molar refractivity (Wildman–Crippen MR) is 530 cm³/mol. The second-order valence-electron chi connectivity index (χ2n) is 25.4. The molecule has 0 bridgehead atoms. The molecule has 133 heavy (non-hydrogen) atoms. The zero-order valence-electron chi connectivity index (χ0n) is 70.6. The molecule has 14 aromatic heterocycles.